The number of halogens is 2. The highest BCUT2D eigenvalue weighted by molar-refractivity contribution is 5.29. The summed E-state index contributed by atoms with van der Waals surface area (Å²) in [7, 11) is 0. The predicted molar refractivity (Wildman–Crippen MR) is 57.5 cm³/mol. The van der Waals surface area contributed by atoms with E-state index in [9.17, 15) is 13.9 Å². The van der Waals surface area contributed by atoms with Crippen LogP contribution in [-0.4, -0.2) is 15.1 Å². The van der Waals surface area contributed by atoms with E-state index < -0.39 is 12.5 Å². The number of benzene rings is 1. The molecule has 1 aromatic carbocycles. The molecule has 1 aromatic heterocycles. The van der Waals surface area contributed by atoms with E-state index in [1.807, 2.05) is 0 Å². The van der Waals surface area contributed by atoms with E-state index in [-0.39, 0.29) is 5.56 Å². The molecule has 0 fully saturated rings. The van der Waals surface area contributed by atoms with Crippen molar-refractivity contribution >= 4 is 0 Å². The molecule has 5 heteroatoms. The molecule has 0 aliphatic rings. The van der Waals surface area contributed by atoms with Crippen molar-refractivity contribution in [3.8, 4) is 0 Å². The predicted octanol–water partition coefficient (Wildman–Crippen LogP) is 2.50. The maximum atomic E-state index is 12.5. The summed E-state index contributed by atoms with van der Waals surface area (Å²) in [6.07, 6.45) is 0.729. The van der Waals surface area contributed by atoms with Gasteiger partial charge in [-0.15, -0.1) is 0 Å². The van der Waals surface area contributed by atoms with Crippen LogP contribution in [0.2, 0.25) is 0 Å². The number of aliphatic hydroxyl groups is 1. The van der Waals surface area contributed by atoms with E-state index in [0.29, 0.717) is 11.3 Å². The molecule has 88 valence electrons. The van der Waals surface area contributed by atoms with Crippen LogP contribution in [0.5, 0.6) is 0 Å². The SMILES string of the molecule is OC(c1cccc(C(F)F)c1)c1cnccn1. The van der Waals surface area contributed by atoms with Crippen LogP contribution < -0.4 is 0 Å². The third-order valence-electron chi connectivity index (χ3n) is 2.34. The molecule has 1 unspecified atom stereocenters. The molecule has 0 aliphatic heterocycles. The number of rotatable bonds is 3. The van der Waals surface area contributed by atoms with Crippen LogP contribution in [0.3, 0.4) is 0 Å². The lowest BCUT2D eigenvalue weighted by Crippen LogP contribution is -2.03. The quantitative estimate of drug-likeness (QED) is 0.890. The Hall–Kier alpha value is -1.88. The summed E-state index contributed by atoms with van der Waals surface area (Å²) in [5.41, 5.74) is 0.590. The normalized spacial score (nSPS) is 12.7. The maximum Gasteiger partial charge on any atom is 0.263 e. The molecule has 1 N–H and O–H groups in total. The lowest BCUT2D eigenvalue weighted by Gasteiger charge is -2.11. The maximum absolute atomic E-state index is 12.5. The first-order valence-corrected chi connectivity index (χ1v) is 5.00. The summed E-state index contributed by atoms with van der Waals surface area (Å²) < 4.78 is 25.0. The summed E-state index contributed by atoms with van der Waals surface area (Å²) in [5.74, 6) is 0. The lowest BCUT2D eigenvalue weighted by atomic mass is 10.0. The molecule has 0 aliphatic carbocycles. The van der Waals surface area contributed by atoms with Gasteiger partial charge in [0.05, 0.1) is 11.9 Å². The number of nitrogens with zero attached hydrogens (tertiary/aromatic N) is 2. The summed E-state index contributed by atoms with van der Waals surface area (Å²) >= 11 is 0. The minimum absolute atomic E-state index is 0.120. The van der Waals surface area contributed by atoms with Crippen molar-refractivity contribution < 1.29 is 13.9 Å². The van der Waals surface area contributed by atoms with E-state index in [1.165, 1.54) is 36.8 Å². The van der Waals surface area contributed by atoms with Gasteiger partial charge in [-0.25, -0.2) is 8.78 Å². The van der Waals surface area contributed by atoms with Crippen molar-refractivity contribution in [3.05, 3.63) is 59.7 Å². The van der Waals surface area contributed by atoms with Crippen LogP contribution in [0, 0.1) is 0 Å². The van der Waals surface area contributed by atoms with Gasteiger partial charge in [0.1, 0.15) is 6.10 Å². The van der Waals surface area contributed by atoms with Gasteiger partial charge in [0.15, 0.2) is 0 Å². The van der Waals surface area contributed by atoms with E-state index in [2.05, 4.69) is 9.97 Å². The molecule has 0 saturated carbocycles. The second kappa shape index (κ2) is 4.97. The lowest BCUT2D eigenvalue weighted by molar-refractivity contribution is 0.150. The van der Waals surface area contributed by atoms with Gasteiger partial charge in [-0.05, 0) is 11.6 Å². The molecule has 0 saturated heterocycles. The van der Waals surface area contributed by atoms with Gasteiger partial charge in [0.2, 0.25) is 0 Å². The average molecular weight is 236 g/mol. The van der Waals surface area contributed by atoms with Crippen LogP contribution >= 0.6 is 0 Å². The highest BCUT2D eigenvalue weighted by atomic mass is 19.3. The Kier molecular flexibility index (Phi) is 3.39. The second-order valence-electron chi connectivity index (χ2n) is 3.50. The molecular weight excluding hydrogens is 226 g/mol. The molecule has 3 nitrogen and oxygen atoms in total. The highest BCUT2D eigenvalue weighted by Gasteiger charge is 2.14. The van der Waals surface area contributed by atoms with E-state index in [0.717, 1.165) is 0 Å². The fourth-order valence-electron chi connectivity index (χ4n) is 1.49. The van der Waals surface area contributed by atoms with E-state index >= 15 is 0 Å². The molecule has 2 aromatic rings. The molecule has 17 heavy (non-hydrogen) atoms. The van der Waals surface area contributed by atoms with Gasteiger partial charge < -0.3 is 5.11 Å². The van der Waals surface area contributed by atoms with Gasteiger partial charge >= 0.3 is 0 Å². The molecule has 0 spiro atoms. The van der Waals surface area contributed by atoms with Crippen LogP contribution in [0.1, 0.15) is 29.4 Å². The topological polar surface area (TPSA) is 46.0 Å². The van der Waals surface area contributed by atoms with Crippen LogP contribution in [0.25, 0.3) is 0 Å². The Balaban J connectivity index is 2.31. The Bertz CT molecular complexity index is 491. The Morgan fingerprint density at radius 3 is 2.53 bits per heavy atom. The van der Waals surface area contributed by atoms with Crippen molar-refractivity contribution in [1.82, 2.24) is 9.97 Å². The number of aromatic nitrogens is 2. The first-order valence-electron chi connectivity index (χ1n) is 5.00. The largest absolute Gasteiger partial charge is 0.382 e. The first kappa shape index (κ1) is 11.6. The van der Waals surface area contributed by atoms with Crippen LogP contribution in [-0.2, 0) is 0 Å². The zero-order valence-corrected chi connectivity index (χ0v) is 8.79. The Labute approximate surface area is 96.8 Å². The van der Waals surface area contributed by atoms with Gasteiger partial charge in [-0.1, -0.05) is 18.2 Å². The molecule has 0 amide bonds. The van der Waals surface area contributed by atoms with Crippen molar-refractivity contribution in [2.75, 3.05) is 0 Å². The smallest absolute Gasteiger partial charge is 0.263 e. The molecule has 1 atom stereocenters. The molecule has 1 heterocycles. The summed E-state index contributed by atoms with van der Waals surface area (Å²) in [6, 6.07) is 5.64. The third kappa shape index (κ3) is 2.62. The molecule has 2 rings (SSSR count). The standard InChI is InChI=1S/C12H10F2N2O/c13-12(14)9-3-1-2-8(6-9)11(17)10-7-15-4-5-16-10/h1-7,11-12,17H. The number of aliphatic hydroxyl groups excluding tert-OH is 1. The monoisotopic (exact) mass is 236 g/mol. The van der Waals surface area contributed by atoms with Gasteiger partial charge in [-0.3, -0.25) is 9.97 Å². The first-order chi connectivity index (χ1) is 8.18. The van der Waals surface area contributed by atoms with Crippen LogP contribution in [0.4, 0.5) is 8.78 Å². The van der Waals surface area contributed by atoms with Crippen molar-refractivity contribution in [2.45, 2.75) is 12.5 Å². The fourth-order valence-corrected chi connectivity index (χ4v) is 1.49. The summed E-state index contributed by atoms with van der Waals surface area (Å²) in [4.78, 5) is 7.75. The minimum Gasteiger partial charge on any atom is -0.382 e. The number of hydrogen-bond acceptors (Lipinski definition) is 3. The van der Waals surface area contributed by atoms with Crippen molar-refractivity contribution in [1.29, 1.82) is 0 Å². The van der Waals surface area contributed by atoms with Crippen molar-refractivity contribution in [2.24, 2.45) is 0 Å². The molecular formula is C12H10F2N2O. The third-order valence-corrected chi connectivity index (χ3v) is 2.34. The Morgan fingerprint density at radius 1 is 1.12 bits per heavy atom. The Morgan fingerprint density at radius 2 is 1.88 bits per heavy atom. The van der Waals surface area contributed by atoms with E-state index in [1.54, 1.807) is 6.07 Å². The fraction of sp³-hybridized carbons (Fsp3) is 0.167. The summed E-state index contributed by atoms with van der Waals surface area (Å²) in [6.45, 7) is 0. The van der Waals surface area contributed by atoms with Crippen molar-refractivity contribution in [3.63, 3.8) is 0 Å². The van der Waals surface area contributed by atoms with Gasteiger partial charge in [-0.2, -0.15) is 0 Å². The van der Waals surface area contributed by atoms with Gasteiger partial charge in [0.25, 0.3) is 6.43 Å². The zero-order valence-electron chi connectivity index (χ0n) is 8.79. The second-order valence-corrected chi connectivity index (χ2v) is 3.50. The zero-order chi connectivity index (χ0) is 12.3. The van der Waals surface area contributed by atoms with E-state index in [4.69, 9.17) is 0 Å². The minimum atomic E-state index is -2.55. The van der Waals surface area contributed by atoms with Gasteiger partial charge in [0, 0.05) is 18.0 Å². The molecule has 0 radical (unpaired) electrons. The average Bonchev–Trinajstić information content (AvgIpc) is 2.39. The molecule has 0 bridgehead atoms. The number of hydrogen-bond donors (Lipinski definition) is 1. The number of alkyl halides is 2. The summed E-state index contributed by atoms with van der Waals surface area (Å²) in [5, 5.41) is 9.95. The highest BCUT2D eigenvalue weighted by Crippen LogP contribution is 2.24. The van der Waals surface area contributed by atoms with Crippen LogP contribution in [0.15, 0.2) is 42.9 Å².